The molecule has 0 radical (unpaired) electrons. The molecule has 1 fully saturated rings. The highest BCUT2D eigenvalue weighted by Crippen LogP contribution is 2.15. The van der Waals surface area contributed by atoms with Crippen molar-refractivity contribution in [2.75, 3.05) is 25.1 Å². The lowest BCUT2D eigenvalue weighted by atomic mass is 10.3. The summed E-state index contributed by atoms with van der Waals surface area (Å²) in [7, 11) is 0. The predicted molar refractivity (Wildman–Crippen MR) is 63.8 cm³/mol. The van der Waals surface area contributed by atoms with E-state index in [0.29, 0.717) is 18.9 Å². The summed E-state index contributed by atoms with van der Waals surface area (Å²) in [4.78, 5) is 21.3. The van der Waals surface area contributed by atoms with E-state index in [2.05, 4.69) is 5.32 Å². The summed E-state index contributed by atoms with van der Waals surface area (Å²) in [5.41, 5.74) is 0.357. The van der Waals surface area contributed by atoms with Crippen molar-refractivity contribution < 1.29 is 23.9 Å². The minimum absolute atomic E-state index is 0.00118. The highest BCUT2D eigenvalue weighted by atomic mass is 16.7. The number of non-ortho nitro benzene ring substituents is 1. The van der Waals surface area contributed by atoms with Crippen LogP contribution >= 0.6 is 0 Å². The van der Waals surface area contributed by atoms with Crippen LogP contribution in [0.3, 0.4) is 0 Å². The van der Waals surface area contributed by atoms with Gasteiger partial charge >= 0.3 is 6.09 Å². The van der Waals surface area contributed by atoms with Crippen LogP contribution in [0.4, 0.5) is 16.2 Å². The van der Waals surface area contributed by atoms with Gasteiger partial charge in [-0.25, -0.2) is 4.79 Å². The number of hydrogen-bond donors (Lipinski definition) is 1. The van der Waals surface area contributed by atoms with E-state index in [1.54, 1.807) is 0 Å². The summed E-state index contributed by atoms with van der Waals surface area (Å²) < 4.78 is 15.1. The molecule has 1 amide bonds. The summed E-state index contributed by atoms with van der Waals surface area (Å²) in [6.45, 7) is 0.967. The molecule has 0 saturated carbocycles. The topological polar surface area (TPSA) is 99.9 Å². The van der Waals surface area contributed by atoms with Gasteiger partial charge in [-0.1, -0.05) is 0 Å². The molecular formula is C11H12N2O6. The summed E-state index contributed by atoms with van der Waals surface area (Å²) in [5.74, 6) is 0. The minimum atomic E-state index is -0.673. The zero-order valence-electron chi connectivity index (χ0n) is 9.90. The lowest BCUT2D eigenvalue weighted by molar-refractivity contribution is -0.384. The number of hydrogen-bond acceptors (Lipinski definition) is 6. The van der Waals surface area contributed by atoms with Gasteiger partial charge in [0.25, 0.3) is 5.69 Å². The van der Waals surface area contributed by atoms with Crippen molar-refractivity contribution in [1.82, 2.24) is 0 Å². The molecule has 1 aliphatic rings. The van der Waals surface area contributed by atoms with E-state index in [9.17, 15) is 14.9 Å². The van der Waals surface area contributed by atoms with Crippen LogP contribution in [0.15, 0.2) is 24.3 Å². The Balaban J connectivity index is 1.79. The number of carbonyl (C=O) groups is 1. The third-order valence-electron chi connectivity index (χ3n) is 2.37. The van der Waals surface area contributed by atoms with Crippen molar-refractivity contribution in [3.05, 3.63) is 34.4 Å². The number of ether oxygens (including phenoxy) is 3. The molecule has 0 bridgehead atoms. The van der Waals surface area contributed by atoms with Gasteiger partial charge in [-0.05, 0) is 12.1 Å². The minimum Gasteiger partial charge on any atom is -0.444 e. The van der Waals surface area contributed by atoms with E-state index < -0.39 is 17.3 Å². The Morgan fingerprint density at radius 1 is 1.37 bits per heavy atom. The number of nitrogens with zero attached hydrogens (tertiary/aromatic N) is 1. The van der Waals surface area contributed by atoms with Gasteiger partial charge in [-0.15, -0.1) is 0 Å². The molecule has 2 rings (SSSR count). The fourth-order valence-corrected chi connectivity index (χ4v) is 1.47. The number of amides is 1. The molecule has 8 nitrogen and oxygen atoms in total. The number of benzene rings is 1. The van der Waals surface area contributed by atoms with Crippen molar-refractivity contribution >= 4 is 17.5 Å². The number of nitro benzene ring substituents is 1. The lowest BCUT2D eigenvalue weighted by Gasteiger charge is -2.10. The zero-order valence-corrected chi connectivity index (χ0v) is 9.90. The smallest absolute Gasteiger partial charge is 0.411 e. The van der Waals surface area contributed by atoms with E-state index in [1.165, 1.54) is 24.3 Å². The fraction of sp³-hybridized carbons (Fsp3) is 0.364. The zero-order chi connectivity index (χ0) is 13.7. The molecule has 1 aromatic carbocycles. The molecule has 0 atom stereocenters. The van der Waals surface area contributed by atoms with Crippen LogP contribution in [0.1, 0.15) is 0 Å². The summed E-state index contributed by atoms with van der Waals surface area (Å²) in [6.07, 6.45) is -1.20. The van der Waals surface area contributed by atoms with Crippen LogP contribution in [-0.4, -0.2) is 37.1 Å². The Morgan fingerprint density at radius 2 is 2.00 bits per heavy atom. The molecule has 1 aromatic rings. The highest BCUT2D eigenvalue weighted by Gasteiger charge is 2.18. The molecular weight excluding hydrogens is 256 g/mol. The summed E-state index contributed by atoms with van der Waals surface area (Å²) >= 11 is 0. The van der Waals surface area contributed by atoms with E-state index in [4.69, 9.17) is 14.2 Å². The molecule has 19 heavy (non-hydrogen) atoms. The fourth-order valence-electron chi connectivity index (χ4n) is 1.47. The predicted octanol–water partition coefficient (Wildman–Crippen LogP) is 1.52. The number of rotatable bonds is 4. The molecule has 0 aromatic heterocycles. The maximum atomic E-state index is 11.4. The molecule has 1 heterocycles. The maximum absolute atomic E-state index is 11.4. The van der Waals surface area contributed by atoms with Crippen molar-refractivity contribution in [2.24, 2.45) is 0 Å². The first kappa shape index (κ1) is 13.2. The van der Waals surface area contributed by atoms with Crippen LogP contribution in [0, 0.1) is 10.1 Å². The number of carbonyl (C=O) groups excluding carboxylic acids is 1. The van der Waals surface area contributed by atoms with Crippen LogP contribution in [0.25, 0.3) is 0 Å². The molecule has 0 unspecified atom stereocenters. The summed E-state index contributed by atoms with van der Waals surface area (Å²) in [6, 6.07) is 5.42. The normalized spacial score (nSPS) is 15.2. The first-order valence-electron chi connectivity index (χ1n) is 5.56. The van der Waals surface area contributed by atoms with Gasteiger partial charge in [0.1, 0.15) is 6.61 Å². The summed E-state index contributed by atoms with van der Waals surface area (Å²) in [5, 5.41) is 12.9. The third kappa shape index (κ3) is 3.90. The Hall–Kier alpha value is -2.19. The van der Waals surface area contributed by atoms with Gasteiger partial charge in [0, 0.05) is 17.8 Å². The maximum Gasteiger partial charge on any atom is 0.411 e. The number of anilines is 1. The first-order valence-corrected chi connectivity index (χ1v) is 5.56. The molecule has 1 aliphatic heterocycles. The van der Waals surface area contributed by atoms with E-state index >= 15 is 0 Å². The van der Waals surface area contributed by atoms with Crippen molar-refractivity contribution in [1.29, 1.82) is 0 Å². The standard InChI is InChI=1S/C11H12N2O6/c14-11(19-7-10-17-5-6-18-10)12-8-1-3-9(4-2-8)13(15)16/h1-4,10H,5-7H2,(H,12,14). The molecule has 102 valence electrons. The van der Waals surface area contributed by atoms with Gasteiger partial charge in [0.2, 0.25) is 0 Å². The Kier molecular flexibility index (Phi) is 4.26. The van der Waals surface area contributed by atoms with E-state index in [1.807, 2.05) is 0 Å². The van der Waals surface area contributed by atoms with Gasteiger partial charge in [-0.2, -0.15) is 0 Å². The van der Waals surface area contributed by atoms with Gasteiger partial charge in [0.05, 0.1) is 18.1 Å². The number of nitro groups is 1. The van der Waals surface area contributed by atoms with Gasteiger partial charge in [0.15, 0.2) is 6.29 Å². The molecule has 1 saturated heterocycles. The van der Waals surface area contributed by atoms with Crippen LogP contribution < -0.4 is 5.32 Å². The third-order valence-corrected chi connectivity index (χ3v) is 2.37. The largest absolute Gasteiger partial charge is 0.444 e. The van der Waals surface area contributed by atoms with E-state index in [-0.39, 0.29) is 12.3 Å². The van der Waals surface area contributed by atoms with E-state index in [0.717, 1.165) is 0 Å². The molecule has 0 spiro atoms. The Labute approximate surface area is 108 Å². The van der Waals surface area contributed by atoms with Crippen LogP contribution in [0.5, 0.6) is 0 Å². The van der Waals surface area contributed by atoms with Crippen molar-refractivity contribution in [2.45, 2.75) is 6.29 Å². The lowest BCUT2D eigenvalue weighted by Crippen LogP contribution is -2.22. The number of nitrogens with one attached hydrogen (secondary N) is 1. The average Bonchev–Trinajstić information content (AvgIpc) is 2.90. The Bertz CT molecular complexity index is 455. The Morgan fingerprint density at radius 3 is 2.58 bits per heavy atom. The van der Waals surface area contributed by atoms with Crippen molar-refractivity contribution in [3.63, 3.8) is 0 Å². The molecule has 0 aliphatic carbocycles. The monoisotopic (exact) mass is 268 g/mol. The SMILES string of the molecule is O=C(Nc1ccc([N+](=O)[O-])cc1)OCC1OCCO1. The highest BCUT2D eigenvalue weighted by molar-refractivity contribution is 5.84. The molecule has 8 heteroatoms. The first-order chi connectivity index (χ1) is 9.15. The van der Waals surface area contributed by atoms with Crippen LogP contribution in [-0.2, 0) is 14.2 Å². The second-order valence-electron chi connectivity index (χ2n) is 3.70. The second-order valence-corrected chi connectivity index (χ2v) is 3.70. The average molecular weight is 268 g/mol. The van der Waals surface area contributed by atoms with Gasteiger partial charge in [-0.3, -0.25) is 15.4 Å². The second kappa shape index (κ2) is 6.12. The molecule has 1 N–H and O–H groups in total. The quantitative estimate of drug-likeness (QED) is 0.656. The van der Waals surface area contributed by atoms with Gasteiger partial charge < -0.3 is 14.2 Å². The van der Waals surface area contributed by atoms with Crippen LogP contribution in [0.2, 0.25) is 0 Å². The van der Waals surface area contributed by atoms with Crippen molar-refractivity contribution in [3.8, 4) is 0 Å².